The number of nitrogens with one attached hydrogen (secondary N) is 1. The summed E-state index contributed by atoms with van der Waals surface area (Å²) in [5, 5.41) is 3.41. The number of hydrogen-bond donors (Lipinski definition) is 1. The van der Waals surface area contributed by atoms with E-state index in [0.717, 1.165) is 24.2 Å². The second-order valence-corrected chi connectivity index (χ2v) is 7.76. The Balaban J connectivity index is 2.03. The number of rotatable bonds is 6. The molecule has 0 bridgehead atoms. The molecule has 1 saturated heterocycles. The van der Waals surface area contributed by atoms with Crippen LogP contribution in [0.3, 0.4) is 0 Å². The molecular formula is C16H26N2O2S. The van der Waals surface area contributed by atoms with Crippen LogP contribution in [0.5, 0.6) is 0 Å². The third kappa shape index (κ3) is 4.45. The van der Waals surface area contributed by atoms with Crippen LogP contribution in [0.4, 0.5) is 5.69 Å². The van der Waals surface area contributed by atoms with Crippen molar-refractivity contribution in [3.63, 3.8) is 0 Å². The molecule has 21 heavy (non-hydrogen) atoms. The molecule has 0 spiro atoms. The highest BCUT2D eigenvalue weighted by Gasteiger charge is 2.23. The van der Waals surface area contributed by atoms with Crippen molar-refractivity contribution in [2.24, 2.45) is 0 Å². The second-order valence-electron chi connectivity index (χ2n) is 5.75. The summed E-state index contributed by atoms with van der Waals surface area (Å²) < 4.78 is 26.7. The second kappa shape index (κ2) is 7.27. The van der Waals surface area contributed by atoms with E-state index in [1.807, 2.05) is 38.1 Å². The minimum atomic E-state index is -3.24. The highest BCUT2D eigenvalue weighted by atomic mass is 32.2. The van der Waals surface area contributed by atoms with Gasteiger partial charge in [-0.05, 0) is 51.8 Å². The van der Waals surface area contributed by atoms with Crippen molar-refractivity contribution in [1.82, 2.24) is 5.32 Å². The molecule has 118 valence electrons. The Labute approximate surface area is 128 Å². The molecular weight excluding hydrogens is 284 g/mol. The molecule has 1 aromatic rings. The lowest BCUT2D eigenvalue weighted by Crippen LogP contribution is -2.38. The van der Waals surface area contributed by atoms with Crippen LogP contribution in [0.2, 0.25) is 0 Å². The molecule has 1 heterocycles. The van der Waals surface area contributed by atoms with E-state index in [1.165, 1.54) is 17.1 Å². The molecule has 2 rings (SSSR count). The minimum absolute atomic E-state index is 0.215. The summed E-state index contributed by atoms with van der Waals surface area (Å²) in [7, 11) is -3.24. The molecule has 1 aliphatic rings. The standard InChI is InChI=1S/C16H26N2O2S/c1-3-18(16-9-7-14(2)8-10-16)21(19,20)13-11-15-6-4-5-12-17-15/h7-10,15,17H,3-6,11-13H2,1-2H3. The van der Waals surface area contributed by atoms with Gasteiger partial charge < -0.3 is 5.32 Å². The molecule has 0 saturated carbocycles. The maximum atomic E-state index is 12.6. The van der Waals surface area contributed by atoms with Crippen LogP contribution in [0.1, 0.15) is 38.2 Å². The zero-order chi connectivity index (χ0) is 15.3. The predicted molar refractivity (Wildman–Crippen MR) is 88.2 cm³/mol. The molecule has 1 aliphatic heterocycles. The molecule has 1 N–H and O–H groups in total. The Morgan fingerprint density at radius 3 is 2.52 bits per heavy atom. The van der Waals surface area contributed by atoms with Gasteiger partial charge in [-0.2, -0.15) is 0 Å². The summed E-state index contributed by atoms with van der Waals surface area (Å²) in [6, 6.07) is 8.03. The maximum absolute atomic E-state index is 12.6. The Bertz CT molecular complexity index is 534. The van der Waals surface area contributed by atoms with Crippen molar-refractivity contribution in [2.45, 2.75) is 45.6 Å². The first-order chi connectivity index (χ1) is 10.0. The van der Waals surface area contributed by atoms with Gasteiger partial charge >= 0.3 is 0 Å². The van der Waals surface area contributed by atoms with E-state index in [2.05, 4.69) is 5.32 Å². The number of anilines is 1. The number of hydrogen-bond acceptors (Lipinski definition) is 3. The Morgan fingerprint density at radius 1 is 1.24 bits per heavy atom. The predicted octanol–water partition coefficient (Wildman–Crippen LogP) is 2.68. The van der Waals surface area contributed by atoms with Crippen LogP contribution in [0.15, 0.2) is 24.3 Å². The van der Waals surface area contributed by atoms with Gasteiger partial charge in [0.1, 0.15) is 0 Å². The fourth-order valence-electron chi connectivity index (χ4n) is 2.82. The monoisotopic (exact) mass is 310 g/mol. The largest absolute Gasteiger partial charge is 0.314 e. The smallest absolute Gasteiger partial charge is 0.235 e. The number of nitrogens with zero attached hydrogens (tertiary/aromatic N) is 1. The van der Waals surface area contributed by atoms with Crippen LogP contribution in [0.25, 0.3) is 0 Å². The lowest BCUT2D eigenvalue weighted by atomic mass is 10.0. The van der Waals surface area contributed by atoms with Gasteiger partial charge in [0.2, 0.25) is 10.0 Å². The number of aryl methyl sites for hydroxylation is 1. The van der Waals surface area contributed by atoms with Crippen molar-refractivity contribution in [3.8, 4) is 0 Å². The average molecular weight is 310 g/mol. The third-order valence-corrected chi connectivity index (χ3v) is 5.97. The van der Waals surface area contributed by atoms with Crippen LogP contribution < -0.4 is 9.62 Å². The molecule has 1 aromatic carbocycles. The van der Waals surface area contributed by atoms with Gasteiger partial charge in [0.25, 0.3) is 0 Å². The molecule has 0 radical (unpaired) electrons. The summed E-state index contributed by atoms with van der Waals surface area (Å²) in [4.78, 5) is 0. The van der Waals surface area contributed by atoms with Crippen LogP contribution in [0, 0.1) is 6.92 Å². The van der Waals surface area contributed by atoms with Crippen molar-refractivity contribution in [3.05, 3.63) is 29.8 Å². The van der Waals surface area contributed by atoms with E-state index < -0.39 is 10.0 Å². The lowest BCUT2D eigenvalue weighted by Gasteiger charge is -2.26. The molecule has 1 fully saturated rings. The molecule has 0 aromatic heterocycles. The summed E-state index contributed by atoms with van der Waals surface area (Å²) >= 11 is 0. The van der Waals surface area contributed by atoms with Crippen LogP contribution in [-0.2, 0) is 10.0 Å². The highest BCUT2D eigenvalue weighted by Crippen LogP contribution is 2.20. The fraction of sp³-hybridized carbons (Fsp3) is 0.625. The topological polar surface area (TPSA) is 49.4 Å². The van der Waals surface area contributed by atoms with Crippen molar-refractivity contribution < 1.29 is 8.42 Å². The maximum Gasteiger partial charge on any atom is 0.235 e. The minimum Gasteiger partial charge on any atom is -0.314 e. The quantitative estimate of drug-likeness (QED) is 0.879. The van der Waals surface area contributed by atoms with E-state index >= 15 is 0 Å². The molecule has 1 atom stereocenters. The summed E-state index contributed by atoms with van der Waals surface area (Å²) in [6.07, 6.45) is 4.19. The van der Waals surface area contributed by atoms with Crippen molar-refractivity contribution in [1.29, 1.82) is 0 Å². The molecule has 1 unspecified atom stereocenters. The van der Waals surface area contributed by atoms with Crippen LogP contribution in [-0.4, -0.2) is 33.3 Å². The van der Waals surface area contributed by atoms with Gasteiger partial charge in [0, 0.05) is 12.6 Å². The first kappa shape index (κ1) is 16.3. The SMILES string of the molecule is CCN(c1ccc(C)cc1)S(=O)(=O)CCC1CCCCN1. The summed E-state index contributed by atoms with van der Waals surface area (Å²) in [6.45, 7) is 5.38. The van der Waals surface area contributed by atoms with Gasteiger partial charge in [-0.1, -0.05) is 24.1 Å². The average Bonchev–Trinajstić information content (AvgIpc) is 2.49. The zero-order valence-corrected chi connectivity index (χ0v) is 13.8. The highest BCUT2D eigenvalue weighted by molar-refractivity contribution is 7.92. The van der Waals surface area contributed by atoms with E-state index in [0.29, 0.717) is 19.0 Å². The van der Waals surface area contributed by atoms with E-state index in [9.17, 15) is 8.42 Å². The Morgan fingerprint density at radius 2 is 1.95 bits per heavy atom. The zero-order valence-electron chi connectivity index (χ0n) is 13.0. The van der Waals surface area contributed by atoms with Gasteiger partial charge in [-0.25, -0.2) is 8.42 Å². The van der Waals surface area contributed by atoms with E-state index in [4.69, 9.17) is 0 Å². The Hall–Kier alpha value is -1.07. The number of sulfonamides is 1. The normalized spacial score (nSPS) is 19.4. The molecule has 0 amide bonds. The van der Waals surface area contributed by atoms with Crippen LogP contribution >= 0.6 is 0 Å². The molecule has 5 heteroatoms. The summed E-state index contributed by atoms with van der Waals surface area (Å²) in [5.74, 6) is 0.215. The number of benzene rings is 1. The Kier molecular flexibility index (Phi) is 5.65. The molecule has 4 nitrogen and oxygen atoms in total. The van der Waals surface area contributed by atoms with Gasteiger partial charge in [-0.3, -0.25) is 4.31 Å². The van der Waals surface area contributed by atoms with E-state index in [-0.39, 0.29) is 5.75 Å². The number of piperidine rings is 1. The lowest BCUT2D eigenvalue weighted by molar-refractivity contribution is 0.392. The fourth-order valence-corrected chi connectivity index (χ4v) is 4.46. The first-order valence-corrected chi connectivity index (χ1v) is 9.44. The van der Waals surface area contributed by atoms with Gasteiger partial charge in [0.05, 0.1) is 11.4 Å². The van der Waals surface area contributed by atoms with E-state index in [1.54, 1.807) is 0 Å². The summed E-state index contributed by atoms with van der Waals surface area (Å²) in [5.41, 5.74) is 1.90. The van der Waals surface area contributed by atoms with Gasteiger partial charge in [-0.15, -0.1) is 0 Å². The third-order valence-electron chi connectivity index (χ3n) is 4.08. The van der Waals surface area contributed by atoms with Gasteiger partial charge in [0.15, 0.2) is 0 Å². The molecule has 0 aliphatic carbocycles. The van der Waals surface area contributed by atoms with Crippen molar-refractivity contribution in [2.75, 3.05) is 23.1 Å². The van der Waals surface area contributed by atoms with Crippen molar-refractivity contribution >= 4 is 15.7 Å². The first-order valence-electron chi connectivity index (χ1n) is 7.83.